The van der Waals surface area contributed by atoms with Crippen LogP contribution in [0.15, 0.2) is 84.2 Å². The van der Waals surface area contributed by atoms with Gasteiger partial charge in [0.2, 0.25) is 0 Å². The Morgan fingerprint density at radius 3 is 2.46 bits per heavy atom. The van der Waals surface area contributed by atoms with Gasteiger partial charge in [0.1, 0.15) is 0 Å². The Hall–Kier alpha value is -1.34. The van der Waals surface area contributed by atoms with Crippen LogP contribution in [0.3, 0.4) is 0 Å². The van der Waals surface area contributed by atoms with Gasteiger partial charge in [-0.3, -0.25) is 0 Å². The van der Waals surface area contributed by atoms with Crippen molar-refractivity contribution in [1.82, 2.24) is 0 Å². The molecule has 0 N–H and O–H groups in total. The number of rotatable bonds is 1. The van der Waals surface area contributed by atoms with Crippen molar-refractivity contribution in [3.63, 3.8) is 0 Å². The molecule has 1 saturated heterocycles. The molecule has 4 heteroatoms. The quantitative estimate of drug-likeness (QED) is 0.442. The Morgan fingerprint density at radius 2 is 1.61 bits per heavy atom. The first kappa shape index (κ1) is 20.0. The minimum atomic E-state index is -0.206. The standard InChI is InChI=1S/C24H21P.2FH.Ti/c1-2-12-22(13-3-1)25(23-14-18-8-4-5-9-19(18)15-23)24-16-20-10-6-7-11-21(20)17-24;;;/h1-16,20-21,24H,17H2;2*1H;/q;;;+2/p-2. The van der Waals surface area contributed by atoms with E-state index in [1.807, 2.05) is 0 Å². The van der Waals surface area contributed by atoms with Crippen LogP contribution >= 0.6 is 7.92 Å². The first-order valence-corrected chi connectivity index (χ1v) is 12.9. The van der Waals surface area contributed by atoms with E-state index in [1.54, 1.807) is 16.2 Å². The second-order valence-electron chi connectivity index (χ2n) is 7.84. The van der Waals surface area contributed by atoms with Crippen molar-refractivity contribution in [1.29, 1.82) is 0 Å². The van der Waals surface area contributed by atoms with Crippen molar-refractivity contribution in [2.24, 2.45) is 11.8 Å². The van der Waals surface area contributed by atoms with E-state index in [0.717, 1.165) is 25.9 Å². The molecule has 1 saturated carbocycles. The van der Waals surface area contributed by atoms with Crippen LogP contribution in [0.25, 0.3) is 6.08 Å². The second-order valence-corrected chi connectivity index (χ2v) is 12.7. The van der Waals surface area contributed by atoms with Crippen molar-refractivity contribution in [2.75, 3.05) is 0 Å². The largest absolute Gasteiger partial charge is 1.00 e. The molecular formula is C24H21F2PTi. The van der Waals surface area contributed by atoms with E-state index >= 15 is 0 Å². The molecule has 6 atom stereocenters. The minimum absolute atomic E-state index is 0. The zero-order valence-corrected chi connectivity index (χ0v) is 17.8. The average Bonchev–Trinajstić information content (AvgIpc) is 3.25. The summed E-state index contributed by atoms with van der Waals surface area (Å²) in [4.78, 5) is 0. The Kier molecular flexibility index (Phi) is 5.58. The van der Waals surface area contributed by atoms with Gasteiger partial charge in [-0.15, -0.1) is 0 Å². The normalized spacial score (nSPS) is 32.9. The maximum atomic E-state index is 2.59. The molecule has 2 aromatic carbocycles. The van der Waals surface area contributed by atoms with Crippen molar-refractivity contribution < 1.29 is 28.6 Å². The van der Waals surface area contributed by atoms with Crippen molar-refractivity contribution in [3.05, 3.63) is 95.3 Å². The van der Waals surface area contributed by atoms with Crippen LogP contribution in [0.5, 0.6) is 0 Å². The maximum Gasteiger partial charge on any atom is -1.00 e. The van der Waals surface area contributed by atoms with E-state index in [9.17, 15) is 0 Å². The third-order valence-corrected chi connectivity index (χ3v) is 13.7. The first-order chi connectivity index (χ1) is 12.9. The van der Waals surface area contributed by atoms with E-state index < -0.39 is 0 Å². The van der Waals surface area contributed by atoms with E-state index in [2.05, 4.69) is 85.0 Å². The van der Waals surface area contributed by atoms with Crippen LogP contribution < -0.4 is 14.7 Å². The minimum Gasteiger partial charge on any atom is -1.00 e. The van der Waals surface area contributed by atoms with E-state index in [1.165, 1.54) is 12.0 Å². The summed E-state index contributed by atoms with van der Waals surface area (Å²) in [5.41, 5.74) is 4.05. The van der Waals surface area contributed by atoms with Crippen LogP contribution in [0.1, 0.15) is 21.8 Å². The zero-order chi connectivity index (χ0) is 17.1. The van der Waals surface area contributed by atoms with Gasteiger partial charge in [-0.05, 0) is 0 Å². The van der Waals surface area contributed by atoms with Gasteiger partial charge in [-0.1, -0.05) is 0 Å². The molecule has 6 rings (SSSR count). The van der Waals surface area contributed by atoms with Crippen LogP contribution in [0, 0.1) is 11.8 Å². The number of hydrogen-bond acceptors (Lipinski definition) is 0. The molecule has 0 spiro atoms. The molecule has 4 aliphatic rings. The Balaban J connectivity index is 0.000000961. The third-order valence-electron chi connectivity index (χ3n) is 6.55. The fourth-order valence-electron chi connectivity index (χ4n) is 5.47. The van der Waals surface area contributed by atoms with E-state index in [0.29, 0.717) is 0 Å². The predicted octanol–water partition coefficient (Wildman–Crippen LogP) is -0.0871. The van der Waals surface area contributed by atoms with Crippen molar-refractivity contribution in [2.45, 2.75) is 20.5 Å². The van der Waals surface area contributed by atoms with E-state index in [4.69, 9.17) is 0 Å². The molecule has 6 unspecified atom stereocenters. The van der Waals surface area contributed by atoms with Crippen LogP contribution in [-0.4, -0.2) is 5.66 Å². The SMILES string of the molecule is C1=CC2CC3[CH]([Ti+2][CH]4C(=Cc5ccccc54)P3c3ccccc3)C2C=C1.[F-].[F-]. The molecule has 28 heavy (non-hydrogen) atoms. The van der Waals surface area contributed by atoms with Gasteiger partial charge in [0, 0.05) is 0 Å². The van der Waals surface area contributed by atoms with Crippen LogP contribution in [0.2, 0.25) is 4.22 Å². The zero-order valence-electron chi connectivity index (χ0n) is 15.4. The summed E-state index contributed by atoms with van der Waals surface area (Å²) in [7, 11) is -0.206. The number of halogens is 2. The summed E-state index contributed by atoms with van der Waals surface area (Å²) in [6.45, 7) is 0. The first-order valence-electron chi connectivity index (χ1n) is 9.66. The number of benzene rings is 2. The second kappa shape index (κ2) is 7.83. The monoisotopic (exact) mass is 426 g/mol. The molecule has 0 radical (unpaired) electrons. The summed E-state index contributed by atoms with van der Waals surface area (Å²) in [6, 6.07) is 20.7. The number of allylic oxidation sites excluding steroid dienone is 5. The number of hydrogen-bond donors (Lipinski definition) is 0. The van der Waals surface area contributed by atoms with Crippen LogP contribution in [-0.2, 0) is 19.2 Å². The summed E-state index contributed by atoms with van der Waals surface area (Å²) in [6.07, 6.45) is 13.7. The molecule has 0 bridgehead atoms. The van der Waals surface area contributed by atoms with Gasteiger partial charge < -0.3 is 9.41 Å². The molecule has 2 aromatic rings. The molecular weight excluding hydrogens is 405 g/mol. The van der Waals surface area contributed by atoms with Gasteiger partial charge in [0.25, 0.3) is 0 Å². The van der Waals surface area contributed by atoms with E-state index in [-0.39, 0.29) is 36.5 Å². The van der Waals surface area contributed by atoms with Crippen molar-refractivity contribution in [3.8, 4) is 0 Å². The van der Waals surface area contributed by atoms with Gasteiger partial charge >= 0.3 is 166 Å². The summed E-state index contributed by atoms with van der Waals surface area (Å²) in [5.74, 6) is 1.61. The molecule has 1 heterocycles. The van der Waals surface area contributed by atoms with Gasteiger partial charge in [-0.25, -0.2) is 0 Å². The molecule has 2 fully saturated rings. The average molecular weight is 426 g/mol. The van der Waals surface area contributed by atoms with Gasteiger partial charge in [0.15, 0.2) is 0 Å². The molecule has 0 aromatic heterocycles. The predicted molar refractivity (Wildman–Crippen MR) is 108 cm³/mol. The summed E-state index contributed by atoms with van der Waals surface area (Å²) >= 11 is -0.0290. The third kappa shape index (κ3) is 2.93. The Bertz CT molecular complexity index is 952. The van der Waals surface area contributed by atoms with Gasteiger partial charge in [0.05, 0.1) is 0 Å². The summed E-state index contributed by atoms with van der Waals surface area (Å²) < 4.78 is 1.73. The topological polar surface area (TPSA) is 0 Å². The maximum absolute atomic E-state index is 2.59. The Labute approximate surface area is 175 Å². The Morgan fingerprint density at radius 1 is 0.857 bits per heavy atom. The molecule has 3 aliphatic carbocycles. The molecule has 1 aliphatic heterocycles. The molecule has 0 nitrogen and oxygen atoms in total. The number of fused-ring (bicyclic) bond motifs is 6. The fraction of sp³-hybridized carbons (Fsp3) is 0.250. The van der Waals surface area contributed by atoms with Gasteiger partial charge in [-0.2, -0.15) is 0 Å². The molecule has 140 valence electrons. The smallest absolute Gasteiger partial charge is 1.00 e. The molecule has 0 amide bonds. The van der Waals surface area contributed by atoms with Crippen molar-refractivity contribution >= 4 is 19.3 Å². The fourth-order valence-corrected chi connectivity index (χ4v) is 13.9. The van der Waals surface area contributed by atoms with Crippen LogP contribution in [0.4, 0.5) is 0 Å². The summed E-state index contributed by atoms with van der Waals surface area (Å²) in [5, 5.41) is 3.42.